The van der Waals surface area contributed by atoms with Crippen molar-refractivity contribution in [2.75, 3.05) is 13.7 Å². The molecule has 1 amide bonds. The van der Waals surface area contributed by atoms with E-state index < -0.39 is 0 Å². The SMILES string of the molecule is CNC(=O)COc1ccc2ncsc2n1. The normalized spacial score (nSPS) is 10.2. The number of nitrogens with one attached hydrogen (secondary N) is 1. The van der Waals surface area contributed by atoms with Crippen LogP contribution in [-0.4, -0.2) is 29.5 Å². The Hall–Kier alpha value is -1.69. The molecule has 2 aromatic heterocycles. The minimum atomic E-state index is -0.179. The molecule has 78 valence electrons. The number of amides is 1. The van der Waals surface area contributed by atoms with Crippen LogP contribution >= 0.6 is 11.3 Å². The summed E-state index contributed by atoms with van der Waals surface area (Å²) in [6.45, 7) is -0.0200. The van der Waals surface area contributed by atoms with E-state index in [2.05, 4.69) is 15.3 Å². The largest absolute Gasteiger partial charge is 0.468 e. The van der Waals surface area contributed by atoms with Crippen molar-refractivity contribution in [2.24, 2.45) is 0 Å². The van der Waals surface area contributed by atoms with Gasteiger partial charge in [-0.25, -0.2) is 9.97 Å². The first-order valence-corrected chi connectivity index (χ1v) is 5.21. The molecule has 1 N–H and O–H groups in total. The fraction of sp³-hybridized carbons (Fsp3) is 0.222. The number of likely N-dealkylation sites (N-methyl/N-ethyl adjacent to an activating group) is 1. The van der Waals surface area contributed by atoms with Crippen molar-refractivity contribution in [3.8, 4) is 5.88 Å². The second-order valence-electron chi connectivity index (χ2n) is 2.79. The molecule has 2 rings (SSSR count). The maximum atomic E-state index is 10.9. The molecule has 0 saturated carbocycles. The summed E-state index contributed by atoms with van der Waals surface area (Å²) in [5.74, 6) is 0.261. The minimum Gasteiger partial charge on any atom is -0.468 e. The Balaban J connectivity index is 2.11. The van der Waals surface area contributed by atoms with E-state index in [1.165, 1.54) is 11.3 Å². The first-order valence-electron chi connectivity index (χ1n) is 4.33. The molecule has 0 saturated heterocycles. The molecule has 0 fully saturated rings. The molecule has 0 bridgehead atoms. The molecule has 6 heteroatoms. The van der Waals surface area contributed by atoms with Gasteiger partial charge in [0.25, 0.3) is 5.91 Å². The van der Waals surface area contributed by atoms with Gasteiger partial charge in [0.15, 0.2) is 6.61 Å². The monoisotopic (exact) mass is 223 g/mol. The van der Waals surface area contributed by atoms with Gasteiger partial charge in [-0.2, -0.15) is 0 Å². The molecule has 0 aliphatic rings. The van der Waals surface area contributed by atoms with Gasteiger partial charge in [0.05, 0.1) is 5.51 Å². The first-order chi connectivity index (χ1) is 7.29. The molecule has 15 heavy (non-hydrogen) atoms. The summed E-state index contributed by atoms with van der Waals surface area (Å²) >= 11 is 1.44. The van der Waals surface area contributed by atoms with E-state index in [1.54, 1.807) is 18.6 Å². The van der Waals surface area contributed by atoms with E-state index in [-0.39, 0.29) is 12.5 Å². The number of carbonyl (C=O) groups excluding carboxylic acids is 1. The van der Waals surface area contributed by atoms with E-state index in [4.69, 9.17) is 4.74 Å². The van der Waals surface area contributed by atoms with Crippen molar-refractivity contribution < 1.29 is 9.53 Å². The molecule has 0 aromatic carbocycles. The van der Waals surface area contributed by atoms with Crippen molar-refractivity contribution in [1.82, 2.24) is 15.3 Å². The fourth-order valence-electron chi connectivity index (χ4n) is 1.03. The lowest BCUT2D eigenvalue weighted by atomic mass is 10.4. The van der Waals surface area contributed by atoms with E-state index in [9.17, 15) is 4.79 Å². The molecule has 0 aliphatic carbocycles. The first kappa shape index (κ1) is 9.85. The van der Waals surface area contributed by atoms with Crippen LogP contribution in [0.5, 0.6) is 5.88 Å². The van der Waals surface area contributed by atoms with Crippen LogP contribution in [-0.2, 0) is 4.79 Å². The summed E-state index contributed by atoms with van der Waals surface area (Å²) in [4.78, 5) is 20.0. The quantitative estimate of drug-likeness (QED) is 0.836. The Morgan fingerprint density at radius 3 is 3.27 bits per heavy atom. The van der Waals surface area contributed by atoms with Gasteiger partial charge in [-0.05, 0) is 6.07 Å². The predicted octanol–water partition coefficient (Wildman–Crippen LogP) is 0.816. The highest BCUT2D eigenvalue weighted by molar-refractivity contribution is 7.16. The minimum absolute atomic E-state index is 0.0200. The summed E-state index contributed by atoms with van der Waals surface area (Å²) in [6.07, 6.45) is 0. The lowest BCUT2D eigenvalue weighted by Gasteiger charge is -2.03. The van der Waals surface area contributed by atoms with E-state index >= 15 is 0 Å². The van der Waals surface area contributed by atoms with Crippen LogP contribution in [0.3, 0.4) is 0 Å². The van der Waals surface area contributed by atoms with Gasteiger partial charge < -0.3 is 10.1 Å². The van der Waals surface area contributed by atoms with Gasteiger partial charge in [-0.3, -0.25) is 4.79 Å². The number of rotatable bonds is 3. The highest BCUT2D eigenvalue weighted by Crippen LogP contribution is 2.18. The smallest absolute Gasteiger partial charge is 0.257 e. The Kier molecular flexibility index (Phi) is 2.77. The van der Waals surface area contributed by atoms with Gasteiger partial charge >= 0.3 is 0 Å². The van der Waals surface area contributed by atoms with Gasteiger partial charge in [0.1, 0.15) is 10.3 Å². The van der Waals surface area contributed by atoms with Crippen LogP contribution in [0.4, 0.5) is 0 Å². The molecule has 0 spiro atoms. The van der Waals surface area contributed by atoms with Crippen molar-refractivity contribution in [3.63, 3.8) is 0 Å². The van der Waals surface area contributed by atoms with E-state index in [0.29, 0.717) is 5.88 Å². The third kappa shape index (κ3) is 2.21. The van der Waals surface area contributed by atoms with Crippen LogP contribution in [0.25, 0.3) is 10.3 Å². The molecular weight excluding hydrogens is 214 g/mol. The molecule has 2 heterocycles. The van der Waals surface area contributed by atoms with Crippen LogP contribution in [0.1, 0.15) is 0 Å². The number of thiazole rings is 1. The summed E-state index contributed by atoms with van der Waals surface area (Å²) in [6, 6.07) is 3.52. The second kappa shape index (κ2) is 4.22. The molecule has 2 aromatic rings. The lowest BCUT2D eigenvalue weighted by molar-refractivity contribution is -0.122. The fourth-order valence-corrected chi connectivity index (χ4v) is 1.68. The summed E-state index contributed by atoms with van der Waals surface area (Å²) in [5, 5.41) is 2.47. The molecule has 0 aliphatic heterocycles. The van der Waals surface area contributed by atoms with Crippen molar-refractivity contribution in [3.05, 3.63) is 17.6 Å². The number of ether oxygens (including phenoxy) is 1. The van der Waals surface area contributed by atoms with Crippen LogP contribution in [0.15, 0.2) is 17.6 Å². The topological polar surface area (TPSA) is 64.1 Å². The van der Waals surface area contributed by atoms with E-state index in [0.717, 1.165) is 10.3 Å². The van der Waals surface area contributed by atoms with E-state index in [1.807, 2.05) is 6.07 Å². The molecule has 0 atom stereocenters. The van der Waals surface area contributed by atoms with Crippen LogP contribution < -0.4 is 10.1 Å². The number of nitrogens with zero attached hydrogens (tertiary/aromatic N) is 2. The lowest BCUT2D eigenvalue weighted by Crippen LogP contribution is -2.25. The van der Waals surface area contributed by atoms with Crippen molar-refractivity contribution in [2.45, 2.75) is 0 Å². The zero-order valence-electron chi connectivity index (χ0n) is 8.06. The zero-order valence-corrected chi connectivity index (χ0v) is 8.87. The number of aromatic nitrogens is 2. The standard InChI is InChI=1S/C9H9N3O2S/c1-10-7(13)4-14-8-3-2-6-9(12-8)15-5-11-6/h2-3,5H,4H2,1H3,(H,10,13). The van der Waals surface area contributed by atoms with Gasteiger partial charge in [0.2, 0.25) is 5.88 Å². The summed E-state index contributed by atoms with van der Waals surface area (Å²) < 4.78 is 5.19. The number of hydrogen-bond acceptors (Lipinski definition) is 5. The van der Waals surface area contributed by atoms with Crippen molar-refractivity contribution in [1.29, 1.82) is 0 Å². The number of fused-ring (bicyclic) bond motifs is 1. The zero-order chi connectivity index (χ0) is 10.7. The average molecular weight is 223 g/mol. The highest BCUT2D eigenvalue weighted by atomic mass is 32.1. The Morgan fingerprint density at radius 1 is 1.60 bits per heavy atom. The highest BCUT2D eigenvalue weighted by Gasteiger charge is 2.03. The Morgan fingerprint density at radius 2 is 2.47 bits per heavy atom. The molecule has 5 nitrogen and oxygen atoms in total. The van der Waals surface area contributed by atoms with Gasteiger partial charge in [0, 0.05) is 13.1 Å². The van der Waals surface area contributed by atoms with Gasteiger partial charge in [-0.15, -0.1) is 11.3 Å². The van der Waals surface area contributed by atoms with Crippen LogP contribution in [0.2, 0.25) is 0 Å². The molecule has 0 radical (unpaired) electrons. The maximum absolute atomic E-state index is 10.9. The van der Waals surface area contributed by atoms with Gasteiger partial charge in [-0.1, -0.05) is 0 Å². The predicted molar refractivity (Wildman–Crippen MR) is 57.0 cm³/mol. The average Bonchev–Trinajstić information content (AvgIpc) is 2.72. The maximum Gasteiger partial charge on any atom is 0.257 e. The van der Waals surface area contributed by atoms with Crippen molar-refractivity contribution >= 4 is 27.6 Å². The number of hydrogen-bond donors (Lipinski definition) is 1. The third-order valence-corrected chi connectivity index (χ3v) is 2.54. The second-order valence-corrected chi connectivity index (χ2v) is 3.62. The summed E-state index contributed by atoms with van der Waals surface area (Å²) in [7, 11) is 1.56. The summed E-state index contributed by atoms with van der Waals surface area (Å²) in [5.41, 5.74) is 2.56. The Bertz CT molecular complexity index is 483. The molecule has 0 unspecified atom stereocenters. The third-order valence-electron chi connectivity index (χ3n) is 1.80. The number of carbonyl (C=O) groups is 1. The van der Waals surface area contributed by atoms with Crippen LogP contribution in [0, 0.1) is 0 Å². The molecular formula is C9H9N3O2S. The Labute approximate surface area is 90.1 Å². The number of pyridine rings is 1.